The first-order valence-corrected chi connectivity index (χ1v) is 6.72. The van der Waals surface area contributed by atoms with Crippen LogP contribution in [-0.4, -0.2) is 36.3 Å². The topological polar surface area (TPSA) is 38.2 Å². The average molecular weight is 270 g/mol. The maximum atomic E-state index is 6.20. The maximum Gasteiger partial charge on any atom is 0.137 e. The predicted octanol–water partition coefficient (Wildman–Crippen LogP) is 2.79. The molecule has 0 bridgehead atoms. The summed E-state index contributed by atoms with van der Waals surface area (Å²) >= 11 is 6.20. The van der Waals surface area contributed by atoms with Gasteiger partial charge in [-0.25, -0.2) is 9.97 Å². The van der Waals surface area contributed by atoms with Gasteiger partial charge < -0.3 is 9.64 Å². The number of anilines is 1. The van der Waals surface area contributed by atoms with Crippen molar-refractivity contribution in [3.05, 3.63) is 16.5 Å². The molecule has 1 aromatic rings. The first kappa shape index (κ1) is 13.6. The van der Waals surface area contributed by atoms with Crippen LogP contribution in [0.25, 0.3) is 0 Å². The van der Waals surface area contributed by atoms with Gasteiger partial charge in [0.25, 0.3) is 0 Å². The van der Waals surface area contributed by atoms with Crippen LogP contribution < -0.4 is 4.90 Å². The lowest BCUT2D eigenvalue weighted by molar-refractivity contribution is 0.121. The van der Waals surface area contributed by atoms with Crippen LogP contribution in [0.4, 0.5) is 5.82 Å². The lowest BCUT2D eigenvalue weighted by Gasteiger charge is -2.21. The van der Waals surface area contributed by atoms with Gasteiger partial charge in [-0.2, -0.15) is 0 Å². The van der Waals surface area contributed by atoms with Crippen molar-refractivity contribution in [3.8, 4) is 0 Å². The first-order valence-electron chi connectivity index (χ1n) is 6.34. The van der Waals surface area contributed by atoms with Gasteiger partial charge in [0.15, 0.2) is 0 Å². The van der Waals surface area contributed by atoms with Crippen LogP contribution >= 0.6 is 11.6 Å². The fraction of sp³-hybridized carbons (Fsp3) is 0.692. The quantitative estimate of drug-likeness (QED) is 0.791. The van der Waals surface area contributed by atoms with Crippen LogP contribution in [0.3, 0.4) is 0 Å². The second-order valence-electron chi connectivity index (χ2n) is 5.07. The Morgan fingerprint density at radius 1 is 1.39 bits per heavy atom. The van der Waals surface area contributed by atoms with Gasteiger partial charge in [0.2, 0.25) is 0 Å². The summed E-state index contributed by atoms with van der Waals surface area (Å²) in [6, 6.07) is 0. The van der Waals surface area contributed by atoms with E-state index in [9.17, 15) is 0 Å². The number of rotatable bonds is 3. The molecule has 0 saturated carbocycles. The van der Waals surface area contributed by atoms with E-state index in [4.69, 9.17) is 16.3 Å². The molecule has 1 aliphatic heterocycles. The SMILES string of the molecule is COC1CCN(c2nc(C(C)C)nc(Cl)c2C)C1. The molecule has 1 saturated heterocycles. The van der Waals surface area contributed by atoms with Crippen molar-refractivity contribution in [3.63, 3.8) is 0 Å². The third-order valence-corrected chi connectivity index (χ3v) is 3.74. The second-order valence-corrected chi connectivity index (χ2v) is 5.43. The number of nitrogens with zero attached hydrogens (tertiary/aromatic N) is 3. The largest absolute Gasteiger partial charge is 0.380 e. The lowest BCUT2D eigenvalue weighted by atomic mass is 10.2. The zero-order valence-corrected chi connectivity index (χ0v) is 12.2. The van der Waals surface area contributed by atoms with Gasteiger partial charge >= 0.3 is 0 Å². The molecule has 2 rings (SSSR count). The fourth-order valence-electron chi connectivity index (χ4n) is 2.17. The zero-order chi connectivity index (χ0) is 13.3. The number of ether oxygens (including phenoxy) is 1. The molecular weight excluding hydrogens is 250 g/mol. The Bertz CT molecular complexity index is 436. The van der Waals surface area contributed by atoms with Crippen LogP contribution in [0.5, 0.6) is 0 Å². The molecule has 1 aromatic heterocycles. The maximum absolute atomic E-state index is 6.20. The van der Waals surface area contributed by atoms with Gasteiger partial charge in [-0.15, -0.1) is 0 Å². The van der Waals surface area contributed by atoms with Crippen molar-refractivity contribution in [2.45, 2.75) is 39.2 Å². The highest BCUT2D eigenvalue weighted by Gasteiger charge is 2.26. The van der Waals surface area contributed by atoms with E-state index in [1.165, 1.54) is 0 Å². The molecule has 1 unspecified atom stereocenters. The number of methoxy groups -OCH3 is 1. The Morgan fingerprint density at radius 2 is 2.11 bits per heavy atom. The highest BCUT2D eigenvalue weighted by Crippen LogP contribution is 2.28. The van der Waals surface area contributed by atoms with Crippen molar-refractivity contribution >= 4 is 17.4 Å². The normalized spacial score (nSPS) is 19.9. The predicted molar refractivity (Wildman–Crippen MR) is 73.5 cm³/mol. The molecule has 0 aliphatic carbocycles. The van der Waals surface area contributed by atoms with Crippen molar-refractivity contribution in [1.29, 1.82) is 0 Å². The minimum atomic E-state index is 0.280. The Hall–Kier alpha value is -0.870. The summed E-state index contributed by atoms with van der Waals surface area (Å²) in [5, 5.41) is 0.560. The third kappa shape index (κ3) is 2.59. The molecule has 4 nitrogen and oxygen atoms in total. The Morgan fingerprint density at radius 3 is 2.67 bits per heavy atom. The summed E-state index contributed by atoms with van der Waals surface area (Å²) in [7, 11) is 1.76. The van der Waals surface area contributed by atoms with Gasteiger partial charge in [0, 0.05) is 31.7 Å². The van der Waals surface area contributed by atoms with Gasteiger partial charge in [-0.05, 0) is 13.3 Å². The van der Waals surface area contributed by atoms with E-state index in [-0.39, 0.29) is 5.92 Å². The van der Waals surface area contributed by atoms with E-state index < -0.39 is 0 Å². The van der Waals surface area contributed by atoms with Crippen LogP contribution in [0.2, 0.25) is 5.15 Å². The Balaban J connectivity index is 2.32. The summed E-state index contributed by atoms with van der Waals surface area (Å²) in [4.78, 5) is 11.2. The van der Waals surface area contributed by atoms with Crippen molar-refractivity contribution in [1.82, 2.24) is 9.97 Å². The molecule has 18 heavy (non-hydrogen) atoms. The third-order valence-electron chi connectivity index (χ3n) is 3.37. The highest BCUT2D eigenvalue weighted by molar-refractivity contribution is 6.30. The van der Waals surface area contributed by atoms with Crippen molar-refractivity contribution in [2.75, 3.05) is 25.1 Å². The first-order chi connectivity index (χ1) is 8.52. The molecule has 5 heteroatoms. The van der Waals surface area contributed by atoms with Crippen LogP contribution in [-0.2, 0) is 4.74 Å². The van der Waals surface area contributed by atoms with Gasteiger partial charge in [0.1, 0.15) is 16.8 Å². The lowest BCUT2D eigenvalue weighted by Crippen LogP contribution is -2.25. The molecule has 1 fully saturated rings. The number of hydrogen-bond donors (Lipinski definition) is 0. The smallest absolute Gasteiger partial charge is 0.137 e. The van der Waals surface area contributed by atoms with E-state index in [2.05, 4.69) is 28.7 Å². The monoisotopic (exact) mass is 269 g/mol. The summed E-state index contributed by atoms with van der Waals surface area (Å²) in [5.74, 6) is 2.04. The summed E-state index contributed by atoms with van der Waals surface area (Å²) in [6.45, 7) is 7.97. The van der Waals surface area contributed by atoms with E-state index in [0.29, 0.717) is 11.3 Å². The summed E-state index contributed by atoms with van der Waals surface area (Å²) in [6.07, 6.45) is 1.33. The minimum Gasteiger partial charge on any atom is -0.380 e. The molecule has 0 aromatic carbocycles. The van der Waals surface area contributed by atoms with Crippen molar-refractivity contribution < 1.29 is 4.74 Å². The molecule has 1 atom stereocenters. The van der Waals surface area contributed by atoms with E-state index in [0.717, 1.165) is 36.7 Å². The molecular formula is C13H20ClN3O. The van der Waals surface area contributed by atoms with E-state index in [1.54, 1.807) is 7.11 Å². The van der Waals surface area contributed by atoms with Crippen molar-refractivity contribution in [2.24, 2.45) is 0 Å². The zero-order valence-electron chi connectivity index (χ0n) is 11.4. The molecule has 0 radical (unpaired) electrons. The summed E-state index contributed by atoms with van der Waals surface area (Å²) in [5.41, 5.74) is 0.956. The van der Waals surface area contributed by atoms with Crippen LogP contribution in [0.1, 0.15) is 37.6 Å². The summed E-state index contributed by atoms with van der Waals surface area (Å²) < 4.78 is 5.39. The Kier molecular flexibility index (Phi) is 4.07. The number of halogens is 1. The standard InChI is InChI=1S/C13H20ClN3O/c1-8(2)12-15-11(14)9(3)13(16-12)17-6-5-10(7-17)18-4/h8,10H,5-7H2,1-4H3. The average Bonchev–Trinajstić information content (AvgIpc) is 2.80. The molecule has 0 amide bonds. The molecule has 0 spiro atoms. The van der Waals surface area contributed by atoms with Gasteiger partial charge in [0.05, 0.1) is 6.10 Å². The Labute approximate surface area is 113 Å². The molecule has 2 heterocycles. The van der Waals surface area contributed by atoms with Gasteiger partial charge in [-0.3, -0.25) is 0 Å². The number of hydrogen-bond acceptors (Lipinski definition) is 4. The minimum absolute atomic E-state index is 0.280. The van der Waals surface area contributed by atoms with Gasteiger partial charge in [-0.1, -0.05) is 25.4 Å². The van der Waals surface area contributed by atoms with Crippen LogP contribution in [0, 0.1) is 6.92 Å². The molecule has 0 N–H and O–H groups in total. The second kappa shape index (κ2) is 5.41. The van der Waals surface area contributed by atoms with E-state index >= 15 is 0 Å². The highest BCUT2D eigenvalue weighted by atomic mass is 35.5. The fourth-order valence-corrected chi connectivity index (χ4v) is 2.34. The molecule has 100 valence electrons. The number of aromatic nitrogens is 2. The molecule has 1 aliphatic rings. The van der Waals surface area contributed by atoms with Crippen LogP contribution in [0.15, 0.2) is 0 Å². The van der Waals surface area contributed by atoms with E-state index in [1.807, 2.05) is 6.92 Å².